The Bertz CT molecular complexity index is 872. The van der Waals surface area contributed by atoms with Crippen LogP contribution < -0.4 is 9.47 Å². The summed E-state index contributed by atoms with van der Waals surface area (Å²) in [4.78, 5) is 6.41. The SMILES string of the molecule is COc1cc(-c2noc(CN(C)Cc3ccccc3)n2)ccc1OC(F)F. The summed E-state index contributed by atoms with van der Waals surface area (Å²) < 4.78 is 39.6. The van der Waals surface area contributed by atoms with Crippen molar-refractivity contribution in [1.29, 1.82) is 0 Å². The molecule has 1 heterocycles. The number of halogens is 2. The third kappa shape index (κ3) is 5.01. The third-order valence-corrected chi connectivity index (χ3v) is 3.81. The highest BCUT2D eigenvalue weighted by Gasteiger charge is 2.15. The summed E-state index contributed by atoms with van der Waals surface area (Å²) in [6.45, 7) is -1.71. The Morgan fingerprint density at radius 3 is 2.56 bits per heavy atom. The Balaban J connectivity index is 1.69. The number of alkyl halides is 2. The molecule has 0 unspecified atom stereocenters. The minimum absolute atomic E-state index is 0.0532. The largest absolute Gasteiger partial charge is 0.493 e. The number of benzene rings is 2. The Hall–Kier alpha value is -3.00. The van der Waals surface area contributed by atoms with Crippen molar-refractivity contribution >= 4 is 0 Å². The second kappa shape index (κ2) is 8.59. The first-order valence-electron chi connectivity index (χ1n) is 8.23. The van der Waals surface area contributed by atoms with Gasteiger partial charge in [-0.2, -0.15) is 13.8 Å². The molecule has 0 N–H and O–H groups in total. The van der Waals surface area contributed by atoms with Crippen molar-refractivity contribution < 1.29 is 22.8 Å². The molecule has 0 radical (unpaired) electrons. The molecule has 0 atom stereocenters. The lowest BCUT2D eigenvalue weighted by Gasteiger charge is -2.13. The molecule has 142 valence electrons. The maximum Gasteiger partial charge on any atom is 0.387 e. The molecule has 0 saturated carbocycles. The van der Waals surface area contributed by atoms with Crippen LogP contribution in [0.25, 0.3) is 11.4 Å². The summed E-state index contributed by atoms with van der Waals surface area (Å²) in [5, 5.41) is 3.96. The van der Waals surface area contributed by atoms with Crippen molar-refractivity contribution in [3.05, 3.63) is 60.0 Å². The molecular formula is C19H19F2N3O3. The zero-order chi connectivity index (χ0) is 19.2. The van der Waals surface area contributed by atoms with Crippen molar-refractivity contribution in [2.75, 3.05) is 14.2 Å². The molecule has 0 spiro atoms. The van der Waals surface area contributed by atoms with E-state index in [1.165, 1.54) is 24.8 Å². The van der Waals surface area contributed by atoms with Crippen molar-refractivity contribution in [3.8, 4) is 22.9 Å². The number of methoxy groups -OCH3 is 1. The van der Waals surface area contributed by atoms with Gasteiger partial charge >= 0.3 is 6.61 Å². The van der Waals surface area contributed by atoms with E-state index in [2.05, 4.69) is 14.9 Å². The topological polar surface area (TPSA) is 60.6 Å². The van der Waals surface area contributed by atoms with Crippen LogP contribution in [0.4, 0.5) is 8.78 Å². The Morgan fingerprint density at radius 2 is 1.85 bits per heavy atom. The summed E-state index contributed by atoms with van der Waals surface area (Å²) >= 11 is 0. The van der Waals surface area contributed by atoms with Gasteiger partial charge in [0, 0.05) is 12.1 Å². The van der Waals surface area contributed by atoms with Gasteiger partial charge < -0.3 is 14.0 Å². The highest BCUT2D eigenvalue weighted by atomic mass is 19.3. The summed E-state index contributed by atoms with van der Waals surface area (Å²) in [5.41, 5.74) is 1.76. The van der Waals surface area contributed by atoms with E-state index in [0.29, 0.717) is 23.8 Å². The van der Waals surface area contributed by atoms with E-state index in [1.807, 2.05) is 42.3 Å². The number of ether oxygens (including phenoxy) is 2. The van der Waals surface area contributed by atoms with Crippen LogP contribution in [0.2, 0.25) is 0 Å². The van der Waals surface area contributed by atoms with E-state index >= 15 is 0 Å². The molecule has 0 bridgehead atoms. The van der Waals surface area contributed by atoms with Gasteiger partial charge in [0.1, 0.15) is 0 Å². The number of nitrogens with zero attached hydrogens (tertiary/aromatic N) is 3. The zero-order valence-corrected chi connectivity index (χ0v) is 14.9. The molecule has 3 rings (SSSR count). The van der Waals surface area contributed by atoms with Crippen LogP contribution >= 0.6 is 0 Å². The Morgan fingerprint density at radius 1 is 1.07 bits per heavy atom. The van der Waals surface area contributed by atoms with Crippen molar-refractivity contribution in [2.24, 2.45) is 0 Å². The highest BCUT2D eigenvalue weighted by molar-refractivity contribution is 5.60. The monoisotopic (exact) mass is 375 g/mol. The highest BCUT2D eigenvalue weighted by Crippen LogP contribution is 2.32. The number of hydrogen-bond donors (Lipinski definition) is 0. The Kier molecular flexibility index (Phi) is 5.97. The molecule has 27 heavy (non-hydrogen) atoms. The zero-order valence-electron chi connectivity index (χ0n) is 14.9. The molecule has 0 aliphatic carbocycles. The second-order valence-electron chi connectivity index (χ2n) is 5.91. The summed E-state index contributed by atoms with van der Waals surface area (Å²) in [6.07, 6.45) is 0. The maximum atomic E-state index is 12.4. The van der Waals surface area contributed by atoms with Crippen LogP contribution in [-0.2, 0) is 13.1 Å². The van der Waals surface area contributed by atoms with Crippen LogP contribution in [0, 0.1) is 0 Å². The number of rotatable bonds is 8. The van der Waals surface area contributed by atoms with E-state index in [1.54, 1.807) is 6.07 Å². The average molecular weight is 375 g/mol. The molecule has 0 aliphatic heterocycles. The molecule has 1 aromatic heterocycles. The third-order valence-electron chi connectivity index (χ3n) is 3.81. The minimum Gasteiger partial charge on any atom is -0.493 e. The van der Waals surface area contributed by atoms with E-state index in [4.69, 9.17) is 9.26 Å². The van der Waals surface area contributed by atoms with Crippen molar-refractivity contribution in [3.63, 3.8) is 0 Å². The fourth-order valence-corrected chi connectivity index (χ4v) is 2.62. The van der Waals surface area contributed by atoms with Gasteiger partial charge in [-0.25, -0.2) is 0 Å². The molecule has 0 fully saturated rings. The van der Waals surface area contributed by atoms with Gasteiger partial charge in [0.2, 0.25) is 11.7 Å². The first kappa shape index (κ1) is 18.8. The van der Waals surface area contributed by atoms with E-state index < -0.39 is 6.61 Å². The van der Waals surface area contributed by atoms with Crippen molar-refractivity contribution in [1.82, 2.24) is 15.0 Å². The van der Waals surface area contributed by atoms with Gasteiger partial charge in [-0.15, -0.1) is 0 Å². The predicted molar refractivity (Wildman–Crippen MR) is 94.5 cm³/mol. The lowest BCUT2D eigenvalue weighted by Crippen LogP contribution is -2.17. The fourth-order valence-electron chi connectivity index (χ4n) is 2.62. The van der Waals surface area contributed by atoms with Gasteiger partial charge in [0.05, 0.1) is 13.7 Å². The molecule has 0 saturated heterocycles. The van der Waals surface area contributed by atoms with Gasteiger partial charge in [0.15, 0.2) is 11.5 Å². The van der Waals surface area contributed by atoms with E-state index in [9.17, 15) is 8.78 Å². The fraction of sp³-hybridized carbons (Fsp3) is 0.263. The lowest BCUT2D eigenvalue weighted by atomic mass is 10.2. The Labute approximate surface area is 155 Å². The lowest BCUT2D eigenvalue weighted by molar-refractivity contribution is -0.0512. The first-order chi connectivity index (χ1) is 13.0. The smallest absolute Gasteiger partial charge is 0.387 e. The first-order valence-corrected chi connectivity index (χ1v) is 8.23. The molecule has 0 amide bonds. The standard InChI is InChI=1S/C19H19F2N3O3/c1-24(11-13-6-4-3-5-7-13)12-17-22-18(23-27-17)14-8-9-15(26-19(20)21)16(10-14)25-2/h3-10,19H,11-12H2,1-2H3. The predicted octanol–water partition coefficient (Wildman–Crippen LogP) is 3.98. The molecule has 8 heteroatoms. The molecule has 0 aliphatic rings. The summed E-state index contributed by atoms with van der Waals surface area (Å²) in [6, 6.07) is 14.5. The molecule has 2 aromatic carbocycles. The summed E-state index contributed by atoms with van der Waals surface area (Å²) in [7, 11) is 3.33. The van der Waals surface area contributed by atoms with Crippen LogP contribution in [0.15, 0.2) is 53.1 Å². The van der Waals surface area contributed by atoms with Gasteiger partial charge in [-0.05, 0) is 30.8 Å². The van der Waals surface area contributed by atoms with Crippen LogP contribution in [-0.4, -0.2) is 35.8 Å². The molecule has 3 aromatic rings. The van der Waals surface area contributed by atoms with Gasteiger partial charge in [-0.3, -0.25) is 4.90 Å². The van der Waals surface area contributed by atoms with Crippen LogP contribution in [0.5, 0.6) is 11.5 Å². The van der Waals surface area contributed by atoms with Crippen LogP contribution in [0.3, 0.4) is 0 Å². The van der Waals surface area contributed by atoms with Crippen molar-refractivity contribution in [2.45, 2.75) is 19.7 Å². The maximum absolute atomic E-state index is 12.4. The molecular weight excluding hydrogens is 356 g/mol. The van der Waals surface area contributed by atoms with Crippen LogP contribution in [0.1, 0.15) is 11.5 Å². The summed E-state index contributed by atoms with van der Waals surface area (Å²) in [5.74, 6) is 0.915. The second-order valence-corrected chi connectivity index (χ2v) is 5.91. The number of aromatic nitrogens is 2. The van der Waals surface area contributed by atoms with Gasteiger partial charge in [-0.1, -0.05) is 35.5 Å². The minimum atomic E-state index is -2.93. The quantitative estimate of drug-likeness (QED) is 0.594. The van der Waals surface area contributed by atoms with Gasteiger partial charge in [0.25, 0.3) is 0 Å². The average Bonchev–Trinajstić information content (AvgIpc) is 3.10. The van der Waals surface area contributed by atoms with E-state index in [-0.39, 0.29) is 11.5 Å². The van der Waals surface area contributed by atoms with E-state index in [0.717, 1.165) is 6.54 Å². The normalized spacial score (nSPS) is 11.2. The molecule has 6 nitrogen and oxygen atoms in total. The number of hydrogen-bond acceptors (Lipinski definition) is 6.